The predicted octanol–water partition coefficient (Wildman–Crippen LogP) is 4.51. The Morgan fingerprint density at radius 2 is 1.62 bits per heavy atom. The first-order chi connectivity index (χ1) is 10.0. The van der Waals surface area contributed by atoms with E-state index >= 15 is 0 Å². The molecular formula is C19H25NO. The second-order valence-electron chi connectivity index (χ2n) is 6.05. The Morgan fingerprint density at radius 3 is 2.14 bits per heavy atom. The Kier molecular flexibility index (Phi) is 4.69. The van der Waals surface area contributed by atoms with Crippen molar-refractivity contribution in [3.8, 4) is 16.9 Å². The smallest absolute Gasteiger partial charge is 0.123 e. The lowest BCUT2D eigenvalue weighted by molar-refractivity contribution is 0.410. The minimum Gasteiger partial charge on any atom is -0.496 e. The van der Waals surface area contributed by atoms with Crippen molar-refractivity contribution in [3.63, 3.8) is 0 Å². The molecule has 2 N–H and O–H groups in total. The largest absolute Gasteiger partial charge is 0.496 e. The third-order valence-corrected chi connectivity index (χ3v) is 4.38. The quantitative estimate of drug-likeness (QED) is 0.876. The SMILES string of the molecule is CCC(C)(C)c1ccc(-c2ccc(OC)c(CN)c2)cc1. The van der Waals surface area contributed by atoms with Gasteiger partial charge in [0.1, 0.15) is 5.75 Å². The minimum absolute atomic E-state index is 0.223. The summed E-state index contributed by atoms with van der Waals surface area (Å²) in [6.45, 7) is 7.27. The van der Waals surface area contributed by atoms with E-state index in [1.54, 1.807) is 7.11 Å². The molecular weight excluding hydrogens is 258 g/mol. The number of methoxy groups -OCH3 is 1. The van der Waals surface area contributed by atoms with Gasteiger partial charge in [-0.25, -0.2) is 0 Å². The Balaban J connectivity index is 2.35. The van der Waals surface area contributed by atoms with Crippen LogP contribution in [0.5, 0.6) is 5.75 Å². The van der Waals surface area contributed by atoms with Crippen LogP contribution in [0.2, 0.25) is 0 Å². The highest BCUT2D eigenvalue weighted by atomic mass is 16.5. The van der Waals surface area contributed by atoms with Gasteiger partial charge in [-0.15, -0.1) is 0 Å². The monoisotopic (exact) mass is 283 g/mol. The summed E-state index contributed by atoms with van der Waals surface area (Å²) in [6.07, 6.45) is 1.13. The standard InChI is InChI=1S/C19H25NO/c1-5-19(2,3)17-9-6-14(7-10-17)15-8-11-18(21-4)16(12-15)13-20/h6-12H,5,13,20H2,1-4H3. The zero-order valence-corrected chi connectivity index (χ0v) is 13.4. The highest BCUT2D eigenvalue weighted by Gasteiger charge is 2.17. The molecule has 2 heteroatoms. The van der Waals surface area contributed by atoms with E-state index in [9.17, 15) is 0 Å². The zero-order chi connectivity index (χ0) is 15.5. The molecule has 0 aliphatic carbocycles. The van der Waals surface area contributed by atoms with Gasteiger partial charge in [-0.05, 0) is 40.7 Å². The molecule has 0 saturated heterocycles. The highest BCUT2D eigenvalue weighted by Crippen LogP contribution is 2.30. The average Bonchev–Trinajstić information content (AvgIpc) is 2.54. The van der Waals surface area contributed by atoms with E-state index in [1.165, 1.54) is 16.7 Å². The van der Waals surface area contributed by atoms with Gasteiger partial charge in [0, 0.05) is 12.1 Å². The molecule has 0 fully saturated rings. The predicted molar refractivity (Wildman–Crippen MR) is 89.6 cm³/mol. The van der Waals surface area contributed by atoms with Gasteiger partial charge >= 0.3 is 0 Å². The molecule has 0 atom stereocenters. The van der Waals surface area contributed by atoms with E-state index in [4.69, 9.17) is 10.5 Å². The minimum atomic E-state index is 0.223. The fraction of sp³-hybridized carbons (Fsp3) is 0.368. The summed E-state index contributed by atoms with van der Waals surface area (Å²) < 4.78 is 5.33. The lowest BCUT2D eigenvalue weighted by atomic mass is 9.82. The third kappa shape index (κ3) is 3.27. The van der Waals surface area contributed by atoms with Crippen LogP contribution in [-0.4, -0.2) is 7.11 Å². The summed E-state index contributed by atoms with van der Waals surface area (Å²) >= 11 is 0. The van der Waals surface area contributed by atoms with Gasteiger partial charge in [-0.2, -0.15) is 0 Å². The number of hydrogen-bond donors (Lipinski definition) is 1. The molecule has 0 saturated carbocycles. The molecule has 2 aromatic rings. The number of benzene rings is 2. The molecule has 0 aromatic heterocycles. The van der Waals surface area contributed by atoms with Crippen LogP contribution in [0.15, 0.2) is 42.5 Å². The molecule has 112 valence electrons. The van der Waals surface area contributed by atoms with E-state index in [0.717, 1.165) is 17.7 Å². The fourth-order valence-corrected chi connectivity index (χ4v) is 2.44. The van der Waals surface area contributed by atoms with Crippen molar-refractivity contribution in [1.82, 2.24) is 0 Å². The molecule has 2 nitrogen and oxygen atoms in total. The lowest BCUT2D eigenvalue weighted by Crippen LogP contribution is -2.14. The van der Waals surface area contributed by atoms with Crippen molar-refractivity contribution in [2.75, 3.05) is 7.11 Å². The van der Waals surface area contributed by atoms with Crippen LogP contribution in [-0.2, 0) is 12.0 Å². The lowest BCUT2D eigenvalue weighted by Gasteiger charge is -2.23. The van der Waals surface area contributed by atoms with Crippen molar-refractivity contribution < 1.29 is 4.74 Å². The Bertz CT molecular complexity index is 599. The van der Waals surface area contributed by atoms with Gasteiger partial charge in [0.05, 0.1) is 7.11 Å². The van der Waals surface area contributed by atoms with Gasteiger partial charge in [-0.1, -0.05) is 51.1 Å². The fourth-order valence-electron chi connectivity index (χ4n) is 2.44. The molecule has 0 bridgehead atoms. The highest BCUT2D eigenvalue weighted by molar-refractivity contribution is 5.66. The molecule has 2 rings (SSSR count). The normalized spacial score (nSPS) is 11.5. The molecule has 21 heavy (non-hydrogen) atoms. The summed E-state index contributed by atoms with van der Waals surface area (Å²) in [6, 6.07) is 15.0. The summed E-state index contributed by atoms with van der Waals surface area (Å²) in [5.41, 5.74) is 10.8. The topological polar surface area (TPSA) is 35.2 Å². The first-order valence-electron chi connectivity index (χ1n) is 7.49. The van der Waals surface area contributed by atoms with Crippen LogP contribution < -0.4 is 10.5 Å². The van der Waals surface area contributed by atoms with Crippen molar-refractivity contribution in [1.29, 1.82) is 0 Å². The summed E-state index contributed by atoms with van der Waals surface area (Å²) in [7, 11) is 1.68. The van der Waals surface area contributed by atoms with Gasteiger partial charge in [0.2, 0.25) is 0 Å². The second kappa shape index (κ2) is 6.31. The maximum Gasteiger partial charge on any atom is 0.123 e. The average molecular weight is 283 g/mol. The van der Waals surface area contributed by atoms with Crippen LogP contribution >= 0.6 is 0 Å². The molecule has 0 aliphatic rings. The van der Waals surface area contributed by atoms with Crippen LogP contribution in [0.3, 0.4) is 0 Å². The van der Waals surface area contributed by atoms with Crippen molar-refractivity contribution >= 4 is 0 Å². The van der Waals surface area contributed by atoms with E-state index < -0.39 is 0 Å². The number of rotatable bonds is 5. The van der Waals surface area contributed by atoms with Gasteiger partial charge in [0.25, 0.3) is 0 Å². The summed E-state index contributed by atoms with van der Waals surface area (Å²) in [5.74, 6) is 0.852. The molecule has 0 amide bonds. The van der Waals surface area contributed by atoms with E-state index in [2.05, 4.69) is 57.2 Å². The van der Waals surface area contributed by atoms with Crippen molar-refractivity contribution in [2.24, 2.45) is 5.73 Å². The Morgan fingerprint density at radius 1 is 1.00 bits per heavy atom. The Hall–Kier alpha value is -1.80. The van der Waals surface area contributed by atoms with Crippen LogP contribution in [0.25, 0.3) is 11.1 Å². The summed E-state index contributed by atoms with van der Waals surface area (Å²) in [4.78, 5) is 0. The van der Waals surface area contributed by atoms with Crippen LogP contribution in [0, 0.1) is 0 Å². The zero-order valence-electron chi connectivity index (χ0n) is 13.4. The number of nitrogens with two attached hydrogens (primary N) is 1. The Labute approximate surface area is 127 Å². The first kappa shape index (κ1) is 15.6. The first-order valence-corrected chi connectivity index (χ1v) is 7.49. The van der Waals surface area contributed by atoms with Crippen LogP contribution in [0.4, 0.5) is 0 Å². The van der Waals surface area contributed by atoms with Gasteiger partial charge in [0.15, 0.2) is 0 Å². The van der Waals surface area contributed by atoms with E-state index in [0.29, 0.717) is 6.54 Å². The number of ether oxygens (including phenoxy) is 1. The third-order valence-electron chi connectivity index (χ3n) is 4.38. The second-order valence-corrected chi connectivity index (χ2v) is 6.05. The molecule has 0 radical (unpaired) electrons. The van der Waals surface area contributed by atoms with Crippen molar-refractivity contribution in [3.05, 3.63) is 53.6 Å². The number of hydrogen-bond acceptors (Lipinski definition) is 2. The molecule has 2 aromatic carbocycles. The molecule has 0 heterocycles. The van der Waals surface area contributed by atoms with Crippen LogP contribution in [0.1, 0.15) is 38.3 Å². The molecule has 0 aliphatic heterocycles. The maximum atomic E-state index is 5.79. The molecule has 0 spiro atoms. The van der Waals surface area contributed by atoms with Gasteiger partial charge < -0.3 is 10.5 Å². The van der Waals surface area contributed by atoms with E-state index in [-0.39, 0.29) is 5.41 Å². The van der Waals surface area contributed by atoms with Gasteiger partial charge in [-0.3, -0.25) is 0 Å². The van der Waals surface area contributed by atoms with E-state index in [1.807, 2.05) is 6.07 Å². The van der Waals surface area contributed by atoms with Crippen molar-refractivity contribution in [2.45, 2.75) is 39.2 Å². The maximum absolute atomic E-state index is 5.79. The molecule has 0 unspecified atom stereocenters. The summed E-state index contributed by atoms with van der Waals surface area (Å²) in [5, 5.41) is 0.